The van der Waals surface area contributed by atoms with Gasteiger partial charge in [-0.25, -0.2) is 4.79 Å². The summed E-state index contributed by atoms with van der Waals surface area (Å²) in [5.74, 6) is -0.247. The fraction of sp³-hybridized carbons (Fsp3) is 0.478. The molecule has 1 aromatic heterocycles. The van der Waals surface area contributed by atoms with Crippen LogP contribution in [0, 0.1) is 6.92 Å². The first kappa shape index (κ1) is 20.3. The summed E-state index contributed by atoms with van der Waals surface area (Å²) >= 11 is 0. The number of hydrogen-bond acceptors (Lipinski definition) is 4. The number of methoxy groups -OCH3 is 1. The number of fused-ring (bicyclic) bond motifs is 1. The Kier molecular flexibility index (Phi) is 5.75. The SMILES string of the molecule is COCCOC(=O)c1[nH]c2c(c1C)C(=O)CC(c1ccc(C(C)(C)C)cc1)C2. The van der Waals surface area contributed by atoms with E-state index in [0.29, 0.717) is 36.3 Å². The van der Waals surface area contributed by atoms with Crippen molar-refractivity contribution >= 4 is 11.8 Å². The van der Waals surface area contributed by atoms with E-state index >= 15 is 0 Å². The van der Waals surface area contributed by atoms with Crippen molar-refractivity contribution in [3.63, 3.8) is 0 Å². The van der Waals surface area contributed by atoms with Crippen LogP contribution in [0.5, 0.6) is 0 Å². The average molecular weight is 383 g/mol. The van der Waals surface area contributed by atoms with E-state index in [2.05, 4.69) is 50.0 Å². The van der Waals surface area contributed by atoms with Gasteiger partial charge in [-0.1, -0.05) is 45.0 Å². The van der Waals surface area contributed by atoms with Crippen LogP contribution >= 0.6 is 0 Å². The Morgan fingerprint density at radius 1 is 1.14 bits per heavy atom. The van der Waals surface area contributed by atoms with Gasteiger partial charge in [-0.2, -0.15) is 0 Å². The van der Waals surface area contributed by atoms with Crippen molar-refractivity contribution in [2.75, 3.05) is 20.3 Å². The van der Waals surface area contributed by atoms with Gasteiger partial charge in [0.05, 0.1) is 6.61 Å². The summed E-state index contributed by atoms with van der Waals surface area (Å²) in [6, 6.07) is 8.54. The van der Waals surface area contributed by atoms with Crippen molar-refractivity contribution in [3.8, 4) is 0 Å². The van der Waals surface area contributed by atoms with Gasteiger partial charge >= 0.3 is 5.97 Å². The zero-order valence-corrected chi connectivity index (χ0v) is 17.3. The molecule has 0 spiro atoms. The number of ether oxygens (including phenoxy) is 2. The number of aromatic amines is 1. The van der Waals surface area contributed by atoms with Crippen molar-refractivity contribution in [3.05, 3.63) is 57.9 Å². The Bertz CT molecular complexity index is 871. The van der Waals surface area contributed by atoms with Gasteiger partial charge < -0.3 is 14.5 Å². The second-order valence-corrected chi connectivity index (χ2v) is 8.51. The van der Waals surface area contributed by atoms with Crippen molar-refractivity contribution in [1.82, 2.24) is 4.98 Å². The van der Waals surface area contributed by atoms with E-state index in [-0.39, 0.29) is 23.7 Å². The van der Waals surface area contributed by atoms with E-state index < -0.39 is 5.97 Å². The molecule has 1 aromatic carbocycles. The summed E-state index contributed by atoms with van der Waals surface area (Å²) in [5, 5.41) is 0. The first-order chi connectivity index (χ1) is 13.2. The molecule has 3 rings (SSSR count). The van der Waals surface area contributed by atoms with Crippen LogP contribution in [-0.4, -0.2) is 37.1 Å². The maximum absolute atomic E-state index is 12.8. The number of esters is 1. The number of hydrogen-bond donors (Lipinski definition) is 1. The highest BCUT2D eigenvalue weighted by molar-refractivity contribution is 6.03. The lowest BCUT2D eigenvalue weighted by molar-refractivity contribution is 0.0381. The number of Topliss-reactive ketones (excluding diaryl/α,β-unsaturated/α-hetero) is 1. The monoisotopic (exact) mass is 383 g/mol. The molecule has 0 fully saturated rings. The van der Waals surface area contributed by atoms with Crippen LogP contribution in [-0.2, 0) is 21.3 Å². The van der Waals surface area contributed by atoms with E-state index in [1.54, 1.807) is 14.0 Å². The molecule has 1 atom stereocenters. The van der Waals surface area contributed by atoms with Gasteiger partial charge in [0.25, 0.3) is 0 Å². The zero-order valence-electron chi connectivity index (χ0n) is 17.3. The van der Waals surface area contributed by atoms with Crippen LogP contribution in [0.15, 0.2) is 24.3 Å². The molecule has 5 nitrogen and oxygen atoms in total. The van der Waals surface area contributed by atoms with E-state index in [1.165, 1.54) is 5.56 Å². The summed E-state index contributed by atoms with van der Waals surface area (Å²) in [6.07, 6.45) is 1.17. The molecule has 0 bridgehead atoms. The summed E-state index contributed by atoms with van der Waals surface area (Å²) in [5.41, 5.74) is 5.07. The molecule has 150 valence electrons. The van der Waals surface area contributed by atoms with Crippen LogP contribution in [0.4, 0.5) is 0 Å². The molecule has 0 saturated heterocycles. The summed E-state index contributed by atoms with van der Waals surface area (Å²) in [7, 11) is 1.55. The largest absolute Gasteiger partial charge is 0.459 e. The van der Waals surface area contributed by atoms with E-state index in [0.717, 1.165) is 11.3 Å². The number of ketones is 1. The molecule has 1 aliphatic rings. The molecule has 0 aliphatic heterocycles. The van der Waals surface area contributed by atoms with Gasteiger partial charge in [-0.05, 0) is 41.4 Å². The molecule has 0 radical (unpaired) electrons. The highest BCUT2D eigenvalue weighted by Gasteiger charge is 2.32. The van der Waals surface area contributed by atoms with Gasteiger partial charge in [-0.3, -0.25) is 4.79 Å². The number of rotatable bonds is 5. The van der Waals surface area contributed by atoms with E-state index in [4.69, 9.17) is 9.47 Å². The number of H-pyrrole nitrogens is 1. The Morgan fingerprint density at radius 3 is 2.43 bits per heavy atom. The maximum Gasteiger partial charge on any atom is 0.355 e. The Morgan fingerprint density at radius 2 is 1.82 bits per heavy atom. The molecule has 1 unspecified atom stereocenters. The van der Waals surface area contributed by atoms with Crippen LogP contribution in [0.2, 0.25) is 0 Å². The van der Waals surface area contributed by atoms with Crippen molar-refractivity contribution in [2.24, 2.45) is 0 Å². The lowest BCUT2D eigenvalue weighted by Crippen LogP contribution is -2.19. The van der Waals surface area contributed by atoms with Crippen molar-refractivity contribution in [2.45, 2.75) is 51.9 Å². The van der Waals surface area contributed by atoms with Crippen LogP contribution in [0.3, 0.4) is 0 Å². The highest BCUT2D eigenvalue weighted by atomic mass is 16.6. The first-order valence-corrected chi connectivity index (χ1v) is 9.73. The molecule has 0 saturated carbocycles. The fourth-order valence-electron chi connectivity index (χ4n) is 3.82. The standard InChI is InChI=1S/C23H29NO4/c1-14-20-18(24-21(14)22(26)28-11-10-27-5)12-16(13-19(20)25)15-6-8-17(9-7-15)23(2,3)4/h6-9,16,24H,10-13H2,1-5H3. The summed E-state index contributed by atoms with van der Waals surface area (Å²) in [4.78, 5) is 28.3. The molecule has 2 aromatic rings. The molecule has 28 heavy (non-hydrogen) atoms. The quantitative estimate of drug-likeness (QED) is 0.616. The minimum absolute atomic E-state index is 0.0795. The number of benzene rings is 1. The van der Waals surface area contributed by atoms with E-state index in [9.17, 15) is 9.59 Å². The predicted molar refractivity (Wildman–Crippen MR) is 108 cm³/mol. The van der Waals surface area contributed by atoms with Gasteiger partial charge in [0, 0.05) is 24.8 Å². The average Bonchev–Trinajstić information content (AvgIpc) is 2.98. The maximum atomic E-state index is 12.8. The Hall–Kier alpha value is -2.40. The number of aromatic nitrogens is 1. The number of carbonyl (C=O) groups excluding carboxylic acids is 2. The molecular formula is C23H29NO4. The third-order valence-corrected chi connectivity index (χ3v) is 5.46. The van der Waals surface area contributed by atoms with Crippen LogP contribution < -0.4 is 0 Å². The number of nitrogens with one attached hydrogen (secondary N) is 1. The molecule has 5 heteroatoms. The van der Waals surface area contributed by atoms with Crippen molar-refractivity contribution in [1.29, 1.82) is 0 Å². The second-order valence-electron chi connectivity index (χ2n) is 8.51. The summed E-state index contributed by atoms with van der Waals surface area (Å²) in [6.45, 7) is 8.90. The Labute approximate surface area is 166 Å². The highest BCUT2D eigenvalue weighted by Crippen LogP contribution is 2.36. The molecule has 0 amide bonds. The number of carbonyl (C=O) groups is 2. The van der Waals surface area contributed by atoms with Crippen molar-refractivity contribution < 1.29 is 19.1 Å². The molecular weight excluding hydrogens is 354 g/mol. The smallest absolute Gasteiger partial charge is 0.355 e. The molecule has 1 N–H and O–H groups in total. The first-order valence-electron chi connectivity index (χ1n) is 9.73. The zero-order chi connectivity index (χ0) is 20.5. The molecule has 1 heterocycles. The van der Waals surface area contributed by atoms with Gasteiger partial charge in [0.2, 0.25) is 0 Å². The third-order valence-electron chi connectivity index (χ3n) is 5.46. The lowest BCUT2D eigenvalue weighted by atomic mass is 9.80. The van der Waals surface area contributed by atoms with Crippen LogP contribution in [0.1, 0.15) is 76.3 Å². The van der Waals surface area contributed by atoms with E-state index in [1.807, 2.05) is 0 Å². The van der Waals surface area contributed by atoms with Gasteiger partial charge in [0.15, 0.2) is 5.78 Å². The van der Waals surface area contributed by atoms with Gasteiger partial charge in [0.1, 0.15) is 12.3 Å². The fourth-order valence-corrected chi connectivity index (χ4v) is 3.82. The predicted octanol–water partition coefficient (Wildman–Crippen LogP) is 4.34. The normalized spacial score (nSPS) is 16.8. The minimum atomic E-state index is -0.442. The lowest BCUT2D eigenvalue weighted by Gasteiger charge is -2.24. The Balaban J connectivity index is 1.82. The third kappa shape index (κ3) is 4.04. The molecule has 1 aliphatic carbocycles. The second kappa shape index (κ2) is 7.92. The van der Waals surface area contributed by atoms with Crippen LogP contribution in [0.25, 0.3) is 0 Å². The topological polar surface area (TPSA) is 68.4 Å². The minimum Gasteiger partial charge on any atom is -0.459 e. The summed E-state index contributed by atoms with van der Waals surface area (Å²) < 4.78 is 10.1. The van der Waals surface area contributed by atoms with Gasteiger partial charge in [-0.15, -0.1) is 0 Å².